The van der Waals surface area contributed by atoms with Crippen LogP contribution in [0.5, 0.6) is 5.95 Å². The molecule has 2 aliphatic carbocycles. The summed E-state index contributed by atoms with van der Waals surface area (Å²) >= 11 is 0. The van der Waals surface area contributed by atoms with Crippen LogP contribution in [0.4, 0.5) is 0 Å². The topological polar surface area (TPSA) is 79.9 Å². The molecule has 3 rings (SSSR count). The summed E-state index contributed by atoms with van der Waals surface area (Å²) in [5.41, 5.74) is 3.06. The van der Waals surface area contributed by atoms with Crippen LogP contribution in [0.1, 0.15) is 83.1 Å². The van der Waals surface area contributed by atoms with E-state index in [1.807, 2.05) is 0 Å². The predicted molar refractivity (Wildman–Crippen MR) is 131 cm³/mol. The lowest BCUT2D eigenvalue weighted by molar-refractivity contribution is -0.136. The maximum Gasteiger partial charge on any atom is 0.291 e. The van der Waals surface area contributed by atoms with Crippen molar-refractivity contribution < 1.29 is 19.4 Å². The van der Waals surface area contributed by atoms with Crippen LogP contribution in [-0.2, 0) is 13.0 Å². The summed E-state index contributed by atoms with van der Waals surface area (Å²) in [5.74, 6) is 0.878. The maximum absolute atomic E-state index is 13.2. The number of aliphatic hydroxyl groups is 2. The molecule has 33 heavy (non-hydrogen) atoms. The number of hydrogen-bond acceptors (Lipinski definition) is 5. The average Bonchev–Trinajstić information content (AvgIpc) is 2.76. The van der Waals surface area contributed by atoms with Gasteiger partial charge in [-0.15, -0.1) is 0 Å². The highest BCUT2D eigenvalue weighted by Crippen LogP contribution is 2.62. The molecule has 2 N–H and O–H groups in total. The summed E-state index contributed by atoms with van der Waals surface area (Å²) in [6, 6.07) is 0. The Morgan fingerprint density at radius 3 is 2.61 bits per heavy atom. The Hall–Kier alpha value is -1.85. The standard InChI is InChI=1S/C28H42O5/c1-17(2)9-8-13-28(6)23-11-10-18(3)21(27(23,5)14-12-24(28)30)15-20-25(31)19(4)22(16-29)33-26(20)32-7/h9,21,23-24,29-30H,3,8,10-16H2,1-2,4-7H3/t21-,23-,24+,27-,28+/m1/s1. The molecule has 184 valence electrons. The first-order valence-corrected chi connectivity index (χ1v) is 12.3. The molecule has 0 amide bonds. The Morgan fingerprint density at radius 2 is 2.00 bits per heavy atom. The maximum atomic E-state index is 13.2. The van der Waals surface area contributed by atoms with Crippen LogP contribution in [0.15, 0.2) is 33.0 Å². The molecular formula is C28H42O5. The number of rotatable bonds is 7. The third-order valence-corrected chi connectivity index (χ3v) is 8.82. The molecule has 0 radical (unpaired) electrons. The highest BCUT2D eigenvalue weighted by molar-refractivity contribution is 5.33. The van der Waals surface area contributed by atoms with Crippen LogP contribution < -0.4 is 10.2 Å². The second-order valence-electron chi connectivity index (χ2n) is 11.0. The smallest absolute Gasteiger partial charge is 0.291 e. The van der Waals surface area contributed by atoms with Gasteiger partial charge < -0.3 is 19.4 Å². The quantitative estimate of drug-likeness (QED) is 0.528. The van der Waals surface area contributed by atoms with E-state index in [0.29, 0.717) is 23.5 Å². The third-order valence-electron chi connectivity index (χ3n) is 8.82. The van der Waals surface area contributed by atoms with Gasteiger partial charge >= 0.3 is 0 Å². The zero-order valence-electron chi connectivity index (χ0n) is 21.3. The molecule has 0 spiro atoms. The van der Waals surface area contributed by atoms with E-state index in [0.717, 1.165) is 38.5 Å². The second-order valence-corrected chi connectivity index (χ2v) is 11.0. The number of ether oxygens (including phenoxy) is 1. The van der Waals surface area contributed by atoms with Crippen molar-refractivity contribution in [1.82, 2.24) is 0 Å². The molecule has 5 nitrogen and oxygen atoms in total. The van der Waals surface area contributed by atoms with Crippen LogP contribution in [0.25, 0.3) is 0 Å². The fraction of sp³-hybridized carbons (Fsp3) is 0.679. The highest BCUT2D eigenvalue weighted by Gasteiger charge is 2.57. The fourth-order valence-electron chi connectivity index (χ4n) is 6.77. The number of hydrogen-bond donors (Lipinski definition) is 2. The van der Waals surface area contributed by atoms with Crippen LogP contribution in [-0.4, -0.2) is 23.4 Å². The molecule has 5 heteroatoms. The van der Waals surface area contributed by atoms with Crippen molar-refractivity contribution >= 4 is 0 Å². The SMILES string of the molecule is C=C1CC[C@@H]2[C@](C)(CC[C@H](O)[C@@]2(C)CCC=C(C)C)[C@@H]1Cc1c(OC)oc(CO)c(C)c1=O. The Kier molecular flexibility index (Phi) is 7.65. The van der Waals surface area contributed by atoms with Crippen LogP contribution in [0.3, 0.4) is 0 Å². The zero-order valence-corrected chi connectivity index (χ0v) is 21.3. The zero-order chi connectivity index (χ0) is 24.6. The average molecular weight is 459 g/mol. The molecule has 0 saturated heterocycles. The van der Waals surface area contributed by atoms with Gasteiger partial charge in [0.25, 0.3) is 5.95 Å². The van der Waals surface area contributed by atoms with Gasteiger partial charge in [-0.05, 0) is 88.4 Å². The highest BCUT2D eigenvalue weighted by atomic mass is 16.6. The Labute approximate surface area is 198 Å². The van der Waals surface area contributed by atoms with Gasteiger partial charge in [0.2, 0.25) is 0 Å². The van der Waals surface area contributed by atoms with Crippen molar-refractivity contribution in [3.8, 4) is 5.95 Å². The van der Waals surface area contributed by atoms with Gasteiger partial charge in [-0.2, -0.15) is 0 Å². The minimum Gasteiger partial charge on any atom is -0.468 e. The Bertz CT molecular complexity index is 969. The van der Waals surface area contributed by atoms with Gasteiger partial charge in [0.1, 0.15) is 12.4 Å². The van der Waals surface area contributed by atoms with Gasteiger partial charge in [-0.3, -0.25) is 4.79 Å². The first-order valence-electron chi connectivity index (χ1n) is 12.3. The summed E-state index contributed by atoms with van der Waals surface area (Å²) in [4.78, 5) is 13.2. The predicted octanol–water partition coefficient (Wildman–Crippen LogP) is 5.49. The van der Waals surface area contributed by atoms with Crippen molar-refractivity contribution in [2.45, 2.75) is 92.3 Å². The number of fused-ring (bicyclic) bond motifs is 1. The summed E-state index contributed by atoms with van der Waals surface area (Å²) < 4.78 is 11.2. The van der Waals surface area contributed by atoms with E-state index in [1.54, 1.807) is 6.92 Å². The van der Waals surface area contributed by atoms with Crippen LogP contribution >= 0.6 is 0 Å². The van der Waals surface area contributed by atoms with Gasteiger partial charge in [0.05, 0.1) is 18.8 Å². The molecule has 1 heterocycles. The summed E-state index contributed by atoms with van der Waals surface area (Å²) in [6.07, 6.45) is 7.95. The molecule has 0 aliphatic heterocycles. The van der Waals surface area contributed by atoms with E-state index in [4.69, 9.17) is 9.15 Å². The monoisotopic (exact) mass is 458 g/mol. The lowest BCUT2D eigenvalue weighted by atomic mass is 9.45. The first-order chi connectivity index (χ1) is 15.5. The molecule has 1 aromatic heterocycles. The number of allylic oxidation sites excluding steroid dienone is 3. The van der Waals surface area contributed by atoms with Gasteiger partial charge in [-0.25, -0.2) is 0 Å². The third kappa shape index (κ3) is 4.59. The number of methoxy groups -OCH3 is 1. The van der Waals surface area contributed by atoms with Crippen LogP contribution in [0, 0.1) is 29.6 Å². The molecule has 0 aromatic carbocycles. The lowest BCUT2D eigenvalue weighted by Crippen LogP contribution is -2.56. The molecule has 0 bridgehead atoms. The second kappa shape index (κ2) is 9.79. The van der Waals surface area contributed by atoms with Crippen molar-refractivity contribution in [2.75, 3.05) is 7.11 Å². The van der Waals surface area contributed by atoms with E-state index in [1.165, 1.54) is 18.3 Å². The van der Waals surface area contributed by atoms with Crippen molar-refractivity contribution in [3.05, 3.63) is 50.9 Å². The normalized spacial score (nSPS) is 31.8. The minimum atomic E-state index is -0.338. The summed E-state index contributed by atoms with van der Waals surface area (Å²) in [7, 11) is 1.50. The number of aliphatic hydroxyl groups excluding tert-OH is 2. The molecule has 2 aliphatic rings. The fourth-order valence-corrected chi connectivity index (χ4v) is 6.77. The molecule has 1 aromatic rings. The van der Waals surface area contributed by atoms with Crippen molar-refractivity contribution in [2.24, 2.45) is 22.7 Å². The molecule has 2 saturated carbocycles. The van der Waals surface area contributed by atoms with Gasteiger partial charge in [0, 0.05) is 5.56 Å². The molecular weight excluding hydrogens is 416 g/mol. The Morgan fingerprint density at radius 1 is 1.30 bits per heavy atom. The minimum absolute atomic E-state index is 0.0741. The van der Waals surface area contributed by atoms with Gasteiger partial charge in [-0.1, -0.05) is 37.6 Å². The van der Waals surface area contributed by atoms with Gasteiger partial charge in [0.15, 0.2) is 5.43 Å². The molecule has 2 fully saturated rings. The summed E-state index contributed by atoms with van der Waals surface area (Å²) in [6.45, 7) is 14.6. The van der Waals surface area contributed by atoms with Crippen molar-refractivity contribution in [3.63, 3.8) is 0 Å². The first kappa shape index (κ1) is 25.8. The molecule has 0 unspecified atom stereocenters. The van der Waals surface area contributed by atoms with E-state index in [9.17, 15) is 15.0 Å². The Balaban J connectivity index is 2.01. The molecule has 5 atom stereocenters. The lowest BCUT2D eigenvalue weighted by Gasteiger charge is -2.60. The van der Waals surface area contributed by atoms with E-state index >= 15 is 0 Å². The van der Waals surface area contributed by atoms with E-state index < -0.39 is 0 Å². The van der Waals surface area contributed by atoms with E-state index in [2.05, 4.69) is 40.3 Å². The largest absolute Gasteiger partial charge is 0.468 e. The van der Waals surface area contributed by atoms with Crippen LogP contribution in [0.2, 0.25) is 0 Å². The van der Waals surface area contributed by atoms with Crippen molar-refractivity contribution in [1.29, 1.82) is 0 Å². The summed E-state index contributed by atoms with van der Waals surface area (Å²) in [5, 5.41) is 20.7. The van der Waals surface area contributed by atoms with E-state index in [-0.39, 0.29) is 46.6 Å².